The third kappa shape index (κ3) is 2.73. The number of hydrogen-bond donors (Lipinski definition) is 2. The minimum absolute atomic E-state index is 0.329. The molecule has 5 aromatic rings. The summed E-state index contributed by atoms with van der Waals surface area (Å²) in [4.78, 5) is 32.3. The second-order valence-electron chi connectivity index (χ2n) is 7.19. The molecule has 8 heteroatoms. The Bertz CT molecular complexity index is 1490. The first-order valence-electron chi connectivity index (χ1n) is 9.59. The highest BCUT2D eigenvalue weighted by atomic mass is 16.2. The van der Waals surface area contributed by atoms with Crippen molar-refractivity contribution < 1.29 is 0 Å². The molecular formula is C22H20N6O2. The molecule has 0 unspecified atom stereocenters. The number of nitrogens with zero attached hydrogens (tertiary/aromatic N) is 4. The maximum Gasteiger partial charge on any atom is 0.330 e. The van der Waals surface area contributed by atoms with E-state index in [9.17, 15) is 9.59 Å². The number of anilines is 1. The molecule has 0 aliphatic rings. The number of imidazole rings is 2. The monoisotopic (exact) mass is 400 g/mol. The lowest BCUT2D eigenvalue weighted by atomic mass is 10.1. The molecule has 2 N–H and O–H groups in total. The van der Waals surface area contributed by atoms with Gasteiger partial charge in [0, 0.05) is 26.0 Å². The molecule has 3 heterocycles. The molecule has 5 rings (SSSR count). The average Bonchev–Trinajstić information content (AvgIpc) is 3.29. The van der Waals surface area contributed by atoms with E-state index < -0.39 is 11.2 Å². The van der Waals surface area contributed by atoms with Gasteiger partial charge in [-0.3, -0.25) is 18.7 Å². The van der Waals surface area contributed by atoms with Gasteiger partial charge in [0.2, 0.25) is 5.78 Å². The maximum atomic E-state index is 12.7. The predicted molar refractivity (Wildman–Crippen MR) is 117 cm³/mol. The molecule has 150 valence electrons. The highest BCUT2D eigenvalue weighted by Gasteiger charge is 2.19. The zero-order chi connectivity index (χ0) is 20.8. The maximum absolute atomic E-state index is 12.7. The van der Waals surface area contributed by atoms with E-state index in [2.05, 4.69) is 15.3 Å². The third-order valence-electron chi connectivity index (χ3n) is 5.38. The standard InChI is InChI=1S/C22H20N6O2/c1-23-16-10-8-15(9-11-16)17-13-27-18-19(24-21(27)26(17)2)28(22(30)25-20(18)29)12-14-6-4-3-5-7-14/h3-11,13,23H,12H2,1-2H3,(H,25,29,30). The Morgan fingerprint density at radius 2 is 1.77 bits per heavy atom. The van der Waals surface area contributed by atoms with E-state index in [1.165, 1.54) is 4.57 Å². The van der Waals surface area contributed by atoms with Gasteiger partial charge in [-0.05, 0) is 23.3 Å². The minimum Gasteiger partial charge on any atom is -0.388 e. The van der Waals surface area contributed by atoms with E-state index in [0.717, 1.165) is 22.5 Å². The smallest absolute Gasteiger partial charge is 0.330 e. The van der Waals surface area contributed by atoms with Crippen molar-refractivity contribution in [2.24, 2.45) is 7.05 Å². The van der Waals surface area contributed by atoms with Gasteiger partial charge in [-0.15, -0.1) is 0 Å². The van der Waals surface area contributed by atoms with Crippen LogP contribution in [0.3, 0.4) is 0 Å². The van der Waals surface area contributed by atoms with E-state index in [4.69, 9.17) is 0 Å². The number of nitrogens with one attached hydrogen (secondary N) is 2. The quantitative estimate of drug-likeness (QED) is 0.485. The summed E-state index contributed by atoms with van der Waals surface area (Å²) in [7, 11) is 3.77. The van der Waals surface area contributed by atoms with Crippen molar-refractivity contribution in [2.75, 3.05) is 12.4 Å². The highest BCUT2D eigenvalue weighted by Crippen LogP contribution is 2.25. The molecule has 0 bridgehead atoms. The van der Waals surface area contributed by atoms with Crippen LogP contribution >= 0.6 is 0 Å². The molecule has 8 nitrogen and oxygen atoms in total. The van der Waals surface area contributed by atoms with Crippen LogP contribution in [0.1, 0.15) is 5.56 Å². The van der Waals surface area contributed by atoms with Crippen molar-refractivity contribution in [1.82, 2.24) is 23.5 Å². The summed E-state index contributed by atoms with van der Waals surface area (Å²) in [6.07, 6.45) is 1.88. The molecule has 0 spiro atoms. The fourth-order valence-corrected chi connectivity index (χ4v) is 3.79. The fraction of sp³-hybridized carbons (Fsp3) is 0.136. The van der Waals surface area contributed by atoms with E-state index in [-0.39, 0.29) is 0 Å². The number of rotatable bonds is 4. The Morgan fingerprint density at radius 1 is 1.03 bits per heavy atom. The van der Waals surface area contributed by atoms with Gasteiger partial charge < -0.3 is 9.88 Å². The van der Waals surface area contributed by atoms with Crippen molar-refractivity contribution in [1.29, 1.82) is 0 Å². The van der Waals surface area contributed by atoms with E-state index in [1.807, 2.05) is 79.5 Å². The molecule has 0 aliphatic heterocycles. The molecule has 0 radical (unpaired) electrons. The van der Waals surface area contributed by atoms with Crippen LogP contribution in [0.2, 0.25) is 0 Å². The normalized spacial score (nSPS) is 11.4. The molecule has 0 saturated carbocycles. The summed E-state index contributed by atoms with van der Waals surface area (Å²) in [6, 6.07) is 17.6. The molecule has 0 atom stereocenters. The summed E-state index contributed by atoms with van der Waals surface area (Å²) >= 11 is 0. The molecule has 0 saturated heterocycles. The van der Waals surface area contributed by atoms with Gasteiger partial charge >= 0.3 is 5.69 Å². The molecule has 0 amide bonds. The SMILES string of the molecule is CNc1ccc(-c2cn3c4c(=O)[nH]c(=O)n(Cc5ccccc5)c4nc3n2C)cc1. The van der Waals surface area contributed by atoms with Gasteiger partial charge in [-0.1, -0.05) is 42.5 Å². The number of benzene rings is 2. The minimum atomic E-state index is -0.470. The van der Waals surface area contributed by atoms with Crippen LogP contribution in [-0.2, 0) is 13.6 Å². The third-order valence-corrected chi connectivity index (χ3v) is 5.38. The van der Waals surface area contributed by atoms with E-state index in [0.29, 0.717) is 23.5 Å². The van der Waals surface area contributed by atoms with Gasteiger partial charge in [0.1, 0.15) is 0 Å². The number of aromatic amines is 1. The molecular weight excluding hydrogens is 380 g/mol. The first kappa shape index (κ1) is 18.0. The van der Waals surface area contributed by atoms with Gasteiger partial charge in [0.05, 0.1) is 12.2 Å². The molecule has 0 fully saturated rings. The Balaban J connectivity index is 1.72. The Labute approximate surface area is 171 Å². The highest BCUT2D eigenvalue weighted by molar-refractivity contribution is 5.78. The predicted octanol–water partition coefficient (Wildman–Crippen LogP) is 2.43. The van der Waals surface area contributed by atoms with Crippen LogP contribution < -0.4 is 16.6 Å². The zero-order valence-electron chi connectivity index (χ0n) is 16.6. The topological polar surface area (TPSA) is 89.1 Å². The van der Waals surface area contributed by atoms with Crippen LogP contribution in [-0.4, -0.2) is 30.6 Å². The lowest BCUT2D eigenvalue weighted by Gasteiger charge is -2.07. The van der Waals surface area contributed by atoms with Crippen LogP contribution in [0.25, 0.3) is 28.2 Å². The van der Waals surface area contributed by atoms with Crippen molar-refractivity contribution in [3.63, 3.8) is 0 Å². The first-order valence-corrected chi connectivity index (χ1v) is 9.59. The van der Waals surface area contributed by atoms with Gasteiger partial charge in [0.25, 0.3) is 5.56 Å². The largest absolute Gasteiger partial charge is 0.388 e. The van der Waals surface area contributed by atoms with Crippen LogP contribution in [0.4, 0.5) is 5.69 Å². The summed E-state index contributed by atoms with van der Waals surface area (Å²) < 4.78 is 5.17. The van der Waals surface area contributed by atoms with Crippen LogP contribution in [0, 0.1) is 0 Å². The Hall–Kier alpha value is -4.07. The summed E-state index contributed by atoms with van der Waals surface area (Å²) in [5, 5.41) is 3.10. The van der Waals surface area contributed by atoms with Gasteiger partial charge in [-0.25, -0.2) is 4.79 Å². The lowest BCUT2D eigenvalue weighted by Crippen LogP contribution is -2.31. The lowest BCUT2D eigenvalue weighted by molar-refractivity contribution is 0.748. The van der Waals surface area contributed by atoms with Crippen molar-refractivity contribution in [3.8, 4) is 11.3 Å². The van der Waals surface area contributed by atoms with Crippen molar-refractivity contribution >= 4 is 22.6 Å². The van der Waals surface area contributed by atoms with Gasteiger partial charge in [-0.2, -0.15) is 4.98 Å². The van der Waals surface area contributed by atoms with Gasteiger partial charge in [0.15, 0.2) is 11.2 Å². The number of aryl methyl sites for hydroxylation is 1. The van der Waals surface area contributed by atoms with Crippen molar-refractivity contribution in [2.45, 2.75) is 6.54 Å². The zero-order valence-corrected chi connectivity index (χ0v) is 16.6. The van der Waals surface area contributed by atoms with Crippen LogP contribution in [0.5, 0.6) is 0 Å². The van der Waals surface area contributed by atoms with E-state index >= 15 is 0 Å². The molecule has 0 aliphatic carbocycles. The summed E-state index contributed by atoms with van der Waals surface area (Å²) in [5.41, 5.74) is 3.70. The number of hydrogen-bond acceptors (Lipinski definition) is 4. The first-order chi connectivity index (χ1) is 14.6. The summed E-state index contributed by atoms with van der Waals surface area (Å²) in [6.45, 7) is 0.329. The fourth-order valence-electron chi connectivity index (χ4n) is 3.79. The number of fused-ring (bicyclic) bond motifs is 3. The Kier molecular flexibility index (Phi) is 4.06. The molecule has 30 heavy (non-hydrogen) atoms. The Morgan fingerprint density at radius 3 is 2.47 bits per heavy atom. The second-order valence-corrected chi connectivity index (χ2v) is 7.19. The second kappa shape index (κ2) is 6.77. The number of H-pyrrole nitrogens is 1. The molecule has 2 aromatic carbocycles. The number of aromatic nitrogens is 5. The summed E-state index contributed by atoms with van der Waals surface area (Å²) in [5.74, 6) is 0.593. The average molecular weight is 400 g/mol. The van der Waals surface area contributed by atoms with Crippen molar-refractivity contribution in [3.05, 3.63) is 87.2 Å². The van der Waals surface area contributed by atoms with Crippen LogP contribution in [0.15, 0.2) is 70.4 Å². The molecule has 3 aromatic heterocycles. The van der Waals surface area contributed by atoms with E-state index in [1.54, 1.807) is 4.40 Å².